The maximum absolute atomic E-state index is 3.14. The van der Waals surface area contributed by atoms with Gasteiger partial charge in [0.05, 0.1) is 0 Å². The van der Waals surface area contributed by atoms with Crippen LogP contribution in [0.3, 0.4) is 0 Å². The molecule has 0 spiro atoms. The standard InChI is InChI=1S/C8H19N.H3N/c1-3-4-5-6-7-8-9-2;/h9H,3-8H2,1-2H3;1H3. The van der Waals surface area contributed by atoms with Gasteiger partial charge in [0.2, 0.25) is 0 Å². The lowest BCUT2D eigenvalue weighted by Gasteiger charge is -1.97. The van der Waals surface area contributed by atoms with E-state index in [1.165, 1.54) is 38.6 Å². The van der Waals surface area contributed by atoms with Crippen molar-refractivity contribution in [2.24, 2.45) is 0 Å². The van der Waals surface area contributed by atoms with Gasteiger partial charge < -0.3 is 11.5 Å². The van der Waals surface area contributed by atoms with Crippen LogP contribution >= 0.6 is 0 Å². The Morgan fingerprint density at radius 2 is 1.60 bits per heavy atom. The molecular weight excluding hydrogens is 124 g/mol. The smallest absolute Gasteiger partial charge is 0.00519 e. The van der Waals surface area contributed by atoms with Crippen LogP contribution in [-0.4, -0.2) is 13.6 Å². The summed E-state index contributed by atoms with van der Waals surface area (Å²) in [5, 5.41) is 3.14. The molecule has 2 heteroatoms. The topological polar surface area (TPSA) is 47.0 Å². The minimum absolute atomic E-state index is 0. The van der Waals surface area contributed by atoms with Crippen LogP contribution in [0.15, 0.2) is 0 Å². The highest BCUT2D eigenvalue weighted by Crippen LogP contribution is 2.00. The fraction of sp³-hybridized carbons (Fsp3) is 1.00. The molecule has 0 aromatic heterocycles. The Hall–Kier alpha value is -0.0800. The van der Waals surface area contributed by atoms with Crippen molar-refractivity contribution in [3.8, 4) is 0 Å². The Labute approximate surface area is 65.0 Å². The molecule has 0 amide bonds. The Morgan fingerprint density at radius 3 is 2.10 bits per heavy atom. The van der Waals surface area contributed by atoms with E-state index < -0.39 is 0 Å². The molecule has 0 saturated heterocycles. The Balaban J connectivity index is 0. The summed E-state index contributed by atoms with van der Waals surface area (Å²) in [6.45, 7) is 3.43. The van der Waals surface area contributed by atoms with Crippen molar-refractivity contribution in [1.29, 1.82) is 0 Å². The van der Waals surface area contributed by atoms with Gasteiger partial charge in [0.15, 0.2) is 0 Å². The van der Waals surface area contributed by atoms with Crippen molar-refractivity contribution >= 4 is 0 Å². The summed E-state index contributed by atoms with van der Waals surface area (Å²) in [6.07, 6.45) is 6.91. The third-order valence-corrected chi connectivity index (χ3v) is 1.53. The molecule has 2 nitrogen and oxygen atoms in total. The first-order chi connectivity index (χ1) is 4.41. The lowest BCUT2D eigenvalue weighted by Crippen LogP contribution is -2.06. The molecule has 0 aliphatic carbocycles. The second kappa shape index (κ2) is 11.7. The van der Waals surface area contributed by atoms with Crippen LogP contribution in [0, 0.1) is 0 Å². The Kier molecular flexibility index (Phi) is 14.7. The van der Waals surface area contributed by atoms with Gasteiger partial charge in [-0.25, -0.2) is 0 Å². The van der Waals surface area contributed by atoms with Crippen LogP contribution in [0.2, 0.25) is 0 Å². The zero-order chi connectivity index (χ0) is 6.95. The SMILES string of the molecule is CCCCCCCNC.N. The molecule has 0 unspecified atom stereocenters. The van der Waals surface area contributed by atoms with E-state index in [0.29, 0.717) is 0 Å². The van der Waals surface area contributed by atoms with E-state index in [-0.39, 0.29) is 6.15 Å². The predicted octanol–water partition coefficient (Wildman–Crippen LogP) is 2.34. The van der Waals surface area contributed by atoms with Gasteiger partial charge in [-0.15, -0.1) is 0 Å². The van der Waals surface area contributed by atoms with Gasteiger partial charge in [-0.2, -0.15) is 0 Å². The summed E-state index contributed by atoms with van der Waals surface area (Å²) in [4.78, 5) is 0. The molecule has 10 heavy (non-hydrogen) atoms. The second-order valence-electron chi connectivity index (χ2n) is 2.52. The number of rotatable bonds is 6. The third kappa shape index (κ3) is 10.8. The molecule has 0 aromatic carbocycles. The number of hydrogen-bond acceptors (Lipinski definition) is 2. The molecule has 0 radical (unpaired) electrons. The second-order valence-corrected chi connectivity index (χ2v) is 2.52. The van der Waals surface area contributed by atoms with E-state index in [2.05, 4.69) is 12.2 Å². The summed E-state index contributed by atoms with van der Waals surface area (Å²) in [5.74, 6) is 0. The van der Waals surface area contributed by atoms with Crippen LogP contribution in [0.5, 0.6) is 0 Å². The number of nitrogens with one attached hydrogen (secondary N) is 1. The van der Waals surface area contributed by atoms with Crippen molar-refractivity contribution in [1.82, 2.24) is 11.5 Å². The van der Waals surface area contributed by atoms with Crippen molar-refractivity contribution in [2.75, 3.05) is 13.6 Å². The quantitative estimate of drug-likeness (QED) is 0.565. The molecule has 0 bridgehead atoms. The van der Waals surface area contributed by atoms with Gasteiger partial charge in [-0.05, 0) is 20.0 Å². The van der Waals surface area contributed by atoms with Crippen LogP contribution < -0.4 is 11.5 Å². The Bertz CT molecular complexity index is 40.5. The lowest BCUT2D eigenvalue weighted by atomic mass is 10.1. The van der Waals surface area contributed by atoms with Crippen molar-refractivity contribution in [2.45, 2.75) is 39.0 Å². The summed E-state index contributed by atoms with van der Waals surface area (Å²) >= 11 is 0. The number of hydrogen-bond donors (Lipinski definition) is 2. The monoisotopic (exact) mass is 146 g/mol. The van der Waals surface area contributed by atoms with Gasteiger partial charge in [0, 0.05) is 0 Å². The van der Waals surface area contributed by atoms with E-state index in [1.54, 1.807) is 0 Å². The van der Waals surface area contributed by atoms with Gasteiger partial charge in [-0.1, -0.05) is 32.6 Å². The summed E-state index contributed by atoms with van der Waals surface area (Å²) in [6, 6.07) is 0. The first kappa shape index (κ1) is 12.6. The molecular formula is C8H22N2. The van der Waals surface area contributed by atoms with Gasteiger partial charge >= 0.3 is 0 Å². The van der Waals surface area contributed by atoms with Gasteiger partial charge in [-0.3, -0.25) is 0 Å². The van der Waals surface area contributed by atoms with Crippen LogP contribution in [0.4, 0.5) is 0 Å². The molecule has 0 aliphatic heterocycles. The van der Waals surface area contributed by atoms with Gasteiger partial charge in [0.1, 0.15) is 0 Å². The number of unbranched alkanes of at least 4 members (excludes halogenated alkanes) is 4. The van der Waals surface area contributed by atoms with Crippen LogP contribution in [0.25, 0.3) is 0 Å². The molecule has 0 saturated carbocycles. The fourth-order valence-electron chi connectivity index (χ4n) is 0.905. The first-order valence-corrected chi connectivity index (χ1v) is 4.06. The minimum atomic E-state index is 0. The molecule has 0 heterocycles. The lowest BCUT2D eigenvalue weighted by molar-refractivity contribution is 0.610. The zero-order valence-electron chi connectivity index (χ0n) is 7.45. The molecule has 0 rings (SSSR count). The van der Waals surface area contributed by atoms with E-state index >= 15 is 0 Å². The maximum atomic E-state index is 3.14. The summed E-state index contributed by atoms with van der Waals surface area (Å²) in [7, 11) is 2.01. The zero-order valence-corrected chi connectivity index (χ0v) is 7.45. The van der Waals surface area contributed by atoms with Crippen molar-refractivity contribution < 1.29 is 0 Å². The fourth-order valence-corrected chi connectivity index (χ4v) is 0.905. The highest BCUT2D eigenvalue weighted by Gasteiger charge is 1.85. The highest BCUT2D eigenvalue weighted by molar-refractivity contribution is 4.43. The largest absolute Gasteiger partial charge is 0.344 e. The van der Waals surface area contributed by atoms with Crippen molar-refractivity contribution in [3.63, 3.8) is 0 Å². The molecule has 0 fully saturated rings. The van der Waals surface area contributed by atoms with E-state index in [4.69, 9.17) is 0 Å². The van der Waals surface area contributed by atoms with E-state index in [0.717, 1.165) is 0 Å². The predicted molar refractivity (Wildman–Crippen MR) is 47.7 cm³/mol. The molecule has 0 aromatic rings. The van der Waals surface area contributed by atoms with Crippen molar-refractivity contribution in [3.05, 3.63) is 0 Å². The molecule has 64 valence electrons. The van der Waals surface area contributed by atoms with E-state index in [9.17, 15) is 0 Å². The normalized spacial score (nSPS) is 9.00. The molecule has 0 aliphatic rings. The first-order valence-electron chi connectivity index (χ1n) is 4.06. The average Bonchev–Trinajstić information content (AvgIpc) is 1.89. The Morgan fingerprint density at radius 1 is 1.00 bits per heavy atom. The van der Waals surface area contributed by atoms with Crippen LogP contribution in [-0.2, 0) is 0 Å². The molecule has 4 N–H and O–H groups in total. The highest BCUT2D eigenvalue weighted by atomic mass is 14.8. The summed E-state index contributed by atoms with van der Waals surface area (Å²) < 4.78 is 0. The molecule has 0 atom stereocenters. The maximum Gasteiger partial charge on any atom is -0.00519 e. The van der Waals surface area contributed by atoms with E-state index in [1.807, 2.05) is 7.05 Å². The third-order valence-electron chi connectivity index (χ3n) is 1.53. The van der Waals surface area contributed by atoms with Gasteiger partial charge in [0.25, 0.3) is 0 Å². The minimum Gasteiger partial charge on any atom is -0.344 e. The average molecular weight is 146 g/mol. The van der Waals surface area contributed by atoms with Crippen LogP contribution in [0.1, 0.15) is 39.0 Å². The summed E-state index contributed by atoms with van der Waals surface area (Å²) in [5.41, 5.74) is 0.